The van der Waals surface area contributed by atoms with Crippen LogP contribution in [0.15, 0.2) is 28.1 Å². The van der Waals surface area contributed by atoms with Crippen molar-refractivity contribution in [2.24, 2.45) is 0 Å². The Balaban J connectivity index is 1.96. The maximum atomic E-state index is 5.15. The third kappa shape index (κ3) is 2.66. The van der Waals surface area contributed by atoms with Crippen LogP contribution < -0.4 is 0 Å². The summed E-state index contributed by atoms with van der Waals surface area (Å²) in [6.45, 7) is 5.10. The molecule has 0 amide bonds. The molecule has 0 bridgehead atoms. The minimum Gasteiger partial charge on any atom is -0.360 e. The number of aromatic nitrogens is 3. The van der Waals surface area contributed by atoms with Gasteiger partial charge in [-0.2, -0.15) is 0 Å². The maximum Gasteiger partial charge on any atom is 0.168 e. The van der Waals surface area contributed by atoms with Gasteiger partial charge in [0.25, 0.3) is 0 Å². The summed E-state index contributed by atoms with van der Waals surface area (Å²) in [6, 6.07) is 1.96. The fourth-order valence-electron chi connectivity index (χ4n) is 1.47. The molecular weight excluding hydrogens is 222 g/mol. The number of rotatable bonds is 5. The second-order valence-corrected chi connectivity index (χ2v) is 4.57. The molecule has 0 saturated heterocycles. The molecule has 0 atom stereocenters. The molecule has 0 spiro atoms. The Kier molecular flexibility index (Phi) is 3.66. The van der Waals surface area contributed by atoms with Gasteiger partial charge in [-0.15, -0.1) is 0 Å². The quantitative estimate of drug-likeness (QED) is 0.750. The Hall–Kier alpha value is -1.23. The summed E-state index contributed by atoms with van der Waals surface area (Å²) in [6.07, 6.45) is 4.96. The smallest absolute Gasteiger partial charge is 0.168 e. The minimum absolute atomic E-state index is 0.779. The summed E-state index contributed by atoms with van der Waals surface area (Å²) in [4.78, 5) is 4.32. The molecule has 5 heteroatoms. The first kappa shape index (κ1) is 11.3. The Morgan fingerprint density at radius 3 is 3.06 bits per heavy atom. The van der Waals surface area contributed by atoms with Crippen molar-refractivity contribution in [3.05, 3.63) is 29.9 Å². The fraction of sp³-hybridized carbons (Fsp3) is 0.455. The number of hydrogen-bond acceptors (Lipinski definition) is 4. The molecule has 0 unspecified atom stereocenters. The van der Waals surface area contributed by atoms with E-state index in [1.54, 1.807) is 11.8 Å². The van der Waals surface area contributed by atoms with E-state index in [9.17, 15) is 0 Å². The second-order valence-electron chi connectivity index (χ2n) is 3.63. The first-order chi connectivity index (χ1) is 7.79. The van der Waals surface area contributed by atoms with Crippen molar-refractivity contribution in [2.75, 3.05) is 0 Å². The predicted molar refractivity (Wildman–Crippen MR) is 63.3 cm³/mol. The van der Waals surface area contributed by atoms with Crippen LogP contribution in [0.25, 0.3) is 0 Å². The van der Waals surface area contributed by atoms with E-state index in [-0.39, 0.29) is 0 Å². The molecule has 2 rings (SSSR count). The van der Waals surface area contributed by atoms with Gasteiger partial charge in [0.05, 0.1) is 11.4 Å². The molecular formula is C11H15N3OS. The molecule has 0 aliphatic rings. The van der Waals surface area contributed by atoms with Crippen molar-refractivity contribution in [3.8, 4) is 0 Å². The van der Waals surface area contributed by atoms with Crippen molar-refractivity contribution < 1.29 is 4.52 Å². The number of thioether (sulfide) groups is 1. The Morgan fingerprint density at radius 2 is 2.38 bits per heavy atom. The number of aryl methyl sites for hydroxylation is 2. The standard InChI is InChI=1S/C11H15N3OS/c1-3-5-14-6-4-12-11(14)16-8-10-7-9(2)13-15-10/h4,6-7H,3,5,8H2,1-2H3. The molecule has 0 saturated carbocycles. The van der Waals surface area contributed by atoms with Crippen LogP contribution in [0, 0.1) is 6.92 Å². The summed E-state index contributed by atoms with van der Waals surface area (Å²) in [5.41, 5.74) is 0.924. The van der Waals surface area contributed by atoms with Gasteiger partial charge in [-0.25, -0.2) is 4.98 Å². The average molecular weight is 237 g/mol. The average Bonchev–Trinajstić information content (AvgIpc) is 2.85. The van der Waals surface area contributed by atoms with Crippen LogP contribution >= 0.6 is 11.8 Å². The highest BCUT2D eigenvalue weighted by Gasteiger charge is 2.06. The summed E-state index contributed by atoms with van der Waals surface area (Å²) < 4.78 is 7.32. The van der Waals surface area contributed by atoms with Crippen LogP contribution in [0.2, 0.25) is 0 Å². The lowest BCUT2D eigenvalue weighted by molar-refractivity contribution is 0.391. The third-order valence-electron chi connectivity index (χ3n) is 2.16. The zero-order valence-electron chi connectivity index (χ0n) is 9.51. The topological polar surface area (TPSA) is 43.9 Å². The molecule has 86 valence electrons. The minimum atomic E-state index is 0.779. The fourth-order valence-corrected chi connectivity index (χ4v) is 2.33. The molecule has 0 fully saturated rings. The van der Waals surface area contributed by atoms with Gasteiger partial charge >= 0.3 is 0 Å². The Bertz CT molecular complexity index is 450. The molecule has 0 aromatic carbocycles. The van der Waals surface area contributed by atoms with Gasteiger partial charge in [0.15, 0.2) is 5.16 Å². The number of nitrogens with zero attached hydrogens (tertiary/aromatic N) is 3. The normalized spacial score (nSPS) is 10.9. The highest BCUT2D eigenvalue weighted by Crippen LogP contribution is 2.21. The Morgan fingerprint density at radius 1 is 1.50 bits per heavy atom. The zero-order valence-corrected chi connectivity index (χ0v) is 10.3. The lowest BCUT2D eigenvalue weighted by Gasteiger charge is -2.03. The van der Waals surface area contributed by atoms with E-state index >= 15 is 0 Å². The van der Waals surface area contributed by atoms with Crippen LogP contribution in [0.1, 0.15) is 24.8 Å². The monoisotopic (exact) mass is 237 g/mol. The molecule has 2 aromatic heterocycles. The first-order valence-electron chi connectivity index (χ1n) is 5.35. The summed E-state index contributed by atoms with van der Waals surface area (Å²) >= 11 is 1.68. The van der Waals surface area contributed by atoms with Crippen molar-refractivity contribution >= 4 is 11.8 Å². The van der Waals surface area contributed by atoms with E-state index in [0.29, 0.717) is 0 Å². The maximum absolute atomic E-state index is 5.15. The largest absolute Gasteiger partial charge is 0.360 e. The van der Waals surface area contributed by atoms with E-state index < -0.39 is 0 Å². The molecule has 2 heterocycles. The number of hydrogen-bond donors (Lipinski definition) is 0. The van der Waals surface area contributed by atoms with Crippen molar-refractivity contribution in [2.45, 2.75) is 37.7 Å². The lowest BCUT2D eigenvalue weighted by atomic mass is 10.4. The molecule has 16 heavy (non-hydrogen) atoms. The number of imidazole rings is 1. The Labute approximate surface area is 99.0 Å². The van der Waals surface area contributed by atoms with Gasteiger partial charge in [-0.05, 0) is 13.3 Å². The van der Waals surface area contributed by atoms with Gasteiger partial charge < -0.3 is 9.09 Å². The summed E-state index contributed by atoms with van der Waals surface area (Å²) in [7, 11) is 0. The van der Waals surface area contributed by atoms with Crippen LogP contribution in [0.3, 0.4) is 0 Å². The van der Waals surface area contributed by atoms with Crippen LogP contribution in [0.5, 0.6) is 0 Å². The van der Waals surface area contributed by atoms with Crippen LogP contribution in [-0.4, -0.2) is 14.7 Å². The van der Waals surface area contributed by atoms with Gasteiger partial charge in [0, 0.05) is 25.0 Å². The van der Waals surface area contributed by atoms with E-state index in [0.717, 1.165) is 35.3 Å². The highest BCUT2D eigenvalue weighted by molar-refractivity contribution is 7.98. The molecule has 0 aliphatic heterocycles. The van der Waals surface area contributed by atoms with Crippen molar-refractivity contribution in [1.29, 1.82) is 0 Å². The van der Waals surface area contributed by atoms with Crippen LogP contribution in [0.4, 0.5) is 0 Å². The third-order valence-corrected chi connectivity index (χ3v) is 3.19. The van der Waals surface area contributed by atoms with E-state index in [1.165, 1.54) is 0 Å². The summed E-state index contributed by atoms with van der Waals surface area (Å²) in [5.74, 6) is 1.68. The van der Waals surface area contributed by atoms with E-state index in [1.807, 2.05) is 25.4 Å². The highest BCUT2D eigenvalue weighted by atomic mass is 32.2. The molecule has 2 aromatic rings. The first-order valence-corrected chi connectivity index (χ1v) is 6.34. The lowest BCUT2D eigenvalue weighted by Crippen LogP contribution is -1.97. The van der Waals surface area contributed by atoms with Gasteiger partial charge in [0.2, 0.25) is 0 Å². The second kappa shape index (κ2) is 5.21. The van der Waals surface area contributed by atoms with Gasteiger partial charge in [-0.3, -0.25) is 0 Å². The molecule has 0 N–H and O–H groups in total. The van der Waals surface area contributed by atoms with Gasteiger partial charge in [-0.1, -0.05) is 23.8 Å². The SMILES string of the molecule is CCCn1ccnc1SCc1cc(C)no1. The molecule has 0 aliphatic carbocycles. The van der Waals surface area contributed by atoms with Crippen molar-refractivity contribution in [1.82, 2.24) is 14.7 Å². The zero-order chi connectivity index (χ0) is 11.4. The van der Waals surface area contributed by atoms with Crippen LogP contribution in [-0.2, 0) is 12.3 Å². The van der Waals surface area contributed by atoms with Gasteiger partial charge in [0.1, 0.15) is 5.76 Å². The van der Waals surface area contributed by atoms with E-state index in [4.69, 9.17) is 4.52 Å². The summed E-state index contributed by atoms with van der Waals surface area (Å²) in [5, 5.41) is 4.90. The van der Waals surface area contributed by atoms with Crippen molar-refractivity contribution in [3.63, 3.8) is 0 Å². The molecule has 4 nitrogen and oxygen atoms in total. The van der Waals surface area contributed by atoms with E-state index in [2.05, 4.69) is 21.6 Å². The predicted octanol–water partition coefficient (Wildman–Crippen LogP) is 2.88. The molecule has 0 radical (unpaired) electrons.